The molecule has 0 aromatic heterocycles. The maximum Gasteiger partial charge on any atom is 1.00 e. The minimum atomic E-state index is -5.17. The number of rotatable bonds is 0. The predicted octanol–water partition coefficient (Wildman–Crippen LogP) is -36.2. The van der Waals surface area contributed by atoms with Crippen LogP contribution in [0.1, 0.15) is 14.3 Å². The van der Waals surface area contributed by atoms with E-state index in [-0.39, 0.29) is 369 Å². The van der Waals surface area contributed by atoms with Gasteiger partial charge < -0.3 is 23.4 Å². The van der Waals surface area contributed by atoms with Crippen LogP contribution in [0.4, 0.5) is 0 Å². The summed E-state index contributed by atoms with van der Waals surface area (Å²) in [5.41, 5.74) is 0. The summed E-state index contributed by atoms with van der Waals surface area (Å²) in [7, 11) is -5.17. The number of hydrogen-bond donors (Lipinski definition) is 0. The summed E-state index contributed by atoms with van der Waals surface area (Å²) < 4.78 is 34.1. The summed E-state index contributed by atoms with van der Waals surface area (Å²) in [4.78, 5) is 0. The molecule has 0 aliphatic carbocycles. The Morgan fingerprint density at radius 1 is 0.471 bits per heavy atom. The zero-order valence-electron chi connectivity index (χ0n) is 24.0. The monoisotopic (exact) mass is 382 g/mol. The van der Waals surface area contributed by atoms with Crippen LogP contribution in [0.25, 0.3) is 0 Å². The van der Waals surface area contributed by atoms with Crippen LogP contribution in [0.5, 0.6) is 0 Å². The molecule has 0 aliphatic heterocycles. The van der Waals surface area contributed by atoms with Crippen molar-refractivity contribution in [3.8, 4) is 0 Å². The van der Waals surface area contributed by atoms with E-state index < -0.39 is 10.4 Å². The minimum Gasteiger partial charge on any atom is -1.00 e. The fourth-order valence-electron chi connectivity index (χ4n) is 0. The van der Waals surface area contributed by atoms with E-state index >= 15 is 0 Å². The van der Waals surface area contributed by atoms with Crippen molar-refractivity contribution in [3.63, 3.8) is 0 Å². The molecule has 4 nitrogen and oxygen atoms in total. The molecule has 0 fully saturated rings. The summed E-state index contributed by atoms with van der Waals surface area (Å²) >= 11 is 0. The third kappa shape index (κ3) is 132. The maximum atomic E-state index is 8.52. The van der Waals surface area contributed by atoms with Crippen LogP contribution in [-0.4, -0.2) is 17.5 Å². The first-order valence-corrected chi connectivity index (χ1v) is 2.00. The van der Waals surface area contributed by atoms with Crippen LogP contribution < -0.4 is 355 Å². The van der Waals surface area contributed by atoms with Gasteiger partial charge in [0.2, 0.25) is 0 Å². The molecule has 0 spiro atoms. The van der Waals surface area contributed by atoms with Gasteiger partial charge in [0.1, 0.15) is 0 Å². The molecular weight excluding hydrogens is 372 g/mol. The molecular formula is H10Na12O4S. The van der Waals surface area contributed by atoms with E-state index in [1.807, 2.05) is 0 Å². The van der Waals surface area contributed by atoms with E-state index in [9.17, 15) is 0 Å². The molecule has 17 heteroatoms. The Balaban J connectivity index is -0.000000000346. The smallest absolute Gasteiger partial charge is 1.00 e. The van der Waals surface area contributed by atoms with Crippen molar-refractivity contribution in [1.29, 1.82) is 0 Å². The molecule has 0 saturated carbocycles. The Bertz CT molecular complexity index is 127. The molecule has 0 aromatic carbocycles. The molecule has 0 radical (unpaired) electrons. The average Bonchev–Trinajstić information content (AvgIpc) is 0.722. The molecule has 17 heavy (non-hydrogen) atoms. The first-order valence-electron chi connectivity index (χ1n) is 0.667. The van der Waals surface area contributed by atoms with Crippen LogP contribution >= 0.6 is 0 Å². The second-order valence-electron chi connectivity index (χ2n) is 0.408. The van der Waals surface area contributed by atoms with Crippen molar-refractivity contribution in [3.05, 3.63) is 0 Å². The molecule has 0 bridgehead atoms. The minimum absolute atomic E-state index is 0. The van der Waals surface area contributed by atoms with Crippen LogP contribution in [0, 0.1) is 0 Å². The number of hydrogen-bond acceptors (Lipinski definition) is 4. The standard InChI is InChI=1S/12Na.H2O4S.10H/c;;;;;;;;;;;;1-5(2,3)4;;;;;;;;;;/h;;;;;;;;;;;;(H2,1,2,3,4);;;;;;;;;;/q12*+1;;10*-1/p-2. The summed E-state index contributed by atoms with van der Waals surface area (Å²) in [6.07, 6.45) is 0. The van der Waals surface area contributed by atoms with Crippen molar-refractivity contribution in [1.82, 2.24) is 0 Å². The molecule has 0 unspecified atom stereocenters. The molecule has 0 aromatic rings. The van der Waals surface area contributed by atoms with Crippen molar-refractivity contribution in [2.45, 2.75) is 0 Å². The van der Waals surface area contributed by atoms with Gasteiger partial charge >= 0.3 is 355 Å². The van der Waals surface area contributed by atoms with Crippen molar-refractivity contribution >= 4 is 10.4 Å². The zero-order chi connectivity index (χ0) is 4.50. The Labute approximate surface area is 385 Å². The largest absolute Gasteiger partial charge is 1.00 e. The summed E-state index contributed by atoms with van der Waals surface area (Å²) in [6.45, 7) is 0. The maximum absolute atomic E-state index is 8.52. The van der Waals surface area contributed by atoms with Gasteiger partial charge in [-0.1, -0.05) is 0 Å². The quantitative estimate of drug-likeness (QED) is 0.237. The first-order chi connectivity index (χ1) is 2.00. The van der Waals surface area contributed by atoms with E-state index in [1.165, 1.54) is 0 Å². The zero-order valence-corrected chi connectivity index (χ0v) is 38.9. The van der Waals surface area contributed by atoms with Gasteiger partial charge in [0.15, 0.2) is 0 Å². The van der Waals surface area contributed by atoms with Gasteiger partial charge in [-0.2, -0.15) is 0 Å². The first kappa shape index (κ1) is 89.0. The van der Waals surface area contributed by atoms with Gasteiger partial charge in [-0.25, -0.2) is 0 Å². The van der Waals surface area contributed by atoms with Gasteiger partial charge in [-0.3, -0.25) is 8.42 Å². The predicted molar refractivity (Wildman–Crippen MR) is 21.6 cm³/mol. The van der Waals surface area contributed by atoms with Gasteiger partial charge in [-0.05, 0) is 0 Å². The Morgan fingerprint density at radius 2 is 0.471 bits per heavy atom. The molecule has 0 amide bonds. The van der Waals surface area contributed by atoms with E-state index in [0.29, 0.717) is 0 Å². The molecule has 0 rings (SSSR count). The van der Waals surface area contributed by atoms with Crippen molar-refractivity contribution in [2.24, 2.45) is 0 Å². The van der Waals surface area contributed by atoms with E-state index in [1.54, 1.807) is 0 Å². The molecule has 0 aliphatic rings. The average molecular weight is 382 g/mol. The summed E-state index contributed by atoms with van der Waals surface area (Å²) in [6, 6.07) is 0. The Morgan fingerprint density at radius 3 is 0.471 bits per heavy atom. The molecule has 0 N–H and O–H groups in total. The second kappa shape index (κ2) is 63.0. The molecule has 0 heterocycles. The fraction of sp³-hybridized carbons (Fsp3) is 0. The van der Waals surface area contributed by atoms with E-state index in [2.05, 4.69) is 0 Å². The van der Waals surface area contributed by atoms with Gasteiger partial charge in [0.25, 0.3) is 0 Å². The van der Waals surface area contributed by atoms with Crippen molar-refractivity contribution < 1.29 is 386 Å². The van der Waals surface area contributed by atoms with Crippen LogP contribution in [-0.2, 0) is 10.4 Å². The van der Waals surface area contributed by atoms with E-state index in [4.69, 9.17) is 17.5 Å². The van der Waals surface area contributed by atoms with Gasteiger partial charge in [-0.15, -0.1) is 0 Å². The third-order valence-corrected chi connectivity index (χ3v) is 0. The Hall–Kier alpha value is 11.9. The molecule has 0 saturated heterocycles. The van der Waals surface area contributed by atoms with Crippen LogP contribution in [0.2, 0.25) is 0 Å². The summed E-state index contributed by atoms with van der Waals surface area (Å²) in [5, 5.41) is 0. The fourth-order valence-corrected chi connectivity index (χ4v) is 0. The van der Waals surface area contributed by atoms with Gasteiger partial charge in [0.05, 0.1) is 0 Å². The van der Waals surface area contributed by atoms with Gasteiger partial charge in [0, 0.05) is 10.4 Å². The van der Waals surface area contributed by atoms with E-state index in [0.717, 1.165) is 0 Å². The van der Waals surface area contributed by atoms with Crippen LogP contribution in [0.15, 0.2) is 0 Å². The topological polar surface area (TPSA) is 80.3 Å². The normalized spacial score (nSPS) is 3.41. The Kier molecular flexibility index (Phi) is 330. The summed E-state index contributed by atoms with van der Waals surface area (Å²) in [5.74, 6) is 0. The SMILES string of the molecule is O=S(=O)([O-])[O-].[H-].[H-].[H-].[H-].[H-].[H-].[H-].[H-].[H-].[H-].[Na+].[Na+].[Na+].[Na+].[Na+].[Na+].[Na+].[Na+].[Na+].[Na+].[Na+].[Na+]. The molecule has 0 atom stereocenters. The van der Waals surface area contributed by atoms with Crippen molar-refractivity contribution in [2.75, 3.05) is 0 Å². The second-order valence-corrected chi connectivity index (χ2v) is 1.22. The molecule has 52 valence electrons. The third-order valence-electron chi connectivity index (χ3n) is 0. The van der Waals surface area contributed by atoms with Crippen LogP contribution in [0.3, 0.4) is 0 Å².